The van der Waals surface area contributed by atoms with Gasteiger partial charge in [-0.05, 0) is 25.7 Å². The fourth-order valence-electron chi connectivity index (χ4n) is 1.37. The Labute approximate surface area is 69.6 Å². The highest BCUT2D eigenvalue weighted by molar-refractivity contribution is 7.15. The summed E-state index contributed by atoms with van der Waals surface area (Å²) in [6.07, 6.45) is 4.94. The van der Waals surface area contributed by atoms with Crippen molar-refractivity contribution in [2.75, 3.05) is 5.73 Å². The highest BCUT2D eigenvalue weighted by atomic mass is 32.1. The molecule has 0 amide bonds. The third-order valence-corrected chi connectivity index (χ3v) is 2.85. The molecule has 2 rings (SSSR count). The van der Waals surface area contributed by atoms with Crippen molar-refractivity contribution in [1.82, 2.24) is 4.98 Å². The Kier molecular flexibility index (Phi) is 2.46. The van der Waals surface area contributed by atoms with Crippen molar-refractivity contribution in [2.45, 2.75) is 25.7 Å². The summed E-state index contributed by atoms with van der Waals surface area (Å²) in [5.74, 6) is 0. The minimum atomic E-state index is 0. The number of hydrogen-bond donors (Lipinski definition) is 1. The average molecular weight is 172 g/mol. The zero-order chi connectivity index (χ0) is 6.97. The van der Waals surface area contributed by atoms with Gasteiger partial charge in [-0.3, -0.25) is 0 Å². The van der Waals surface area contributed by atoms with Crippen LogP contribution in [0.4, 0.5) is 5.13 Å². The summed E-state index contributed by atoms with van der Waals surface area (Å²) in [7, 11) is 0. The van der Waals surface area contributed by atoms with Crippen molar-refractivity contribution in [2.24, 2.45) is 0 Å². The number of hydrogen-bond acceptors (Lipinski definition) is 3. The minimum Gasteiger partial charge on any atom is -0.412 e. The van der Waals surface area contributed by atoms with E-state index in [4.69, 9.17) is 5.73 Å². The van der Waals surface area contributed by atoms with E-state index in [1.807, 2.05) is 0 Å². The lowest BCUT2D eigenvalue weighted by molar-refractivity contribution is 0.683. The fraction of sp³-hybridized carbons (Fsp3) is 0.571. The van der Waals surface area contributed by atoms with E-state index in [0.717, 1.165) is 11.6 Å². The van der Waals surface area contributed by atoms with Gasteiger partial charge in [-0.1, -0.05) is 0 Å². The summed E-state index contributed by atoms with van der Waals surface area (Å²) in [6, 6.07) is 0. The molecule has 3 nitrogen and oxygen atoms in total. The molecule has 1 aliphatic rings. The van der Waals surface area contributed by atoms with Crippen molar-refractivity contribution in [3.05, 3.63) is 10.6 Å². The van der Waals surface area contributed by atoms with Crippen molar-refractivity contribution in [3.8, 4) is 0 Å². The molecule has 0 bridgehead atoms. The maximum absolute atomic E-state index is 5.57. The molecule has 0 atom stereocenters. The number of aromatic nitrogens is 1. The summed E-state index contributed by atoms with van der Waals surface area (Å²) < 4.78 is 0. The predicted octanol–water partition coefficient (Wildman–Crippen LogP) is 0.779. The molecule has 1 heterocycles. The first-order valence-corrected chi connectivity index (χ1v) is 4.42. The molecule has 0 radical (unpaired) electrons. The second-order valence-electron chi connectivity index (χ2n) is 2.63. The van der Waals surface area contributed by atoms with Crippen LogP contribution in [0.15, 0.2) is 0 Å². The molecule has 1 aromatic heterocycles. The van der Waals surface area contributed by atoms with E-state index in [9.17, 15) is 0 Å². The third-order valence-electron chi connectivity index (χ3n) is 1.86. The number of fused-ring (bicyclic) bond motifs is 1. The molecule has 0 saturated heterocycles. The fourth-order valence-corrected chi connectivity index (χ4v) is 2.29. The van der Waals surface area contributed by atoms with Crippen molar-refractivity contribution in [1.29, 1.82) is 0 Å². The van der Waals surface area contributed by atoms with Gasteiger partial charge in [-0.2, -0.15) is 0 Å². The highest BCUT2D eigenvalue weighted by Crippen LogP contribution is 2.27. The topological polar surface area (TPSA) is 70.4 Å². The number of thiazole rings is 1. The molecule has 0 aliphatic heterocycles. The first-order chi connectivity index (χ1) is 4.86. The number of nitrogens with two attached hydrogens (primary N) is 1. The lowest BCUT2D eigenvalue weighted by Gasteiger charge is -2.06. The second-order valence-corrected chi connectivity index (χ2v) is 3.74. The summed E-state index contributed by atoms with van der Waals surface area (Å²) in [5, 5.41) is 0.743. The van der Waals surface area contributed by atoms with Crippen LogP contribution in [0.25, 0.3) is 0 Å². The van der Waals surface area contributed by atoms with Gasteiger partial charge < -0.3 is 11.2 Å². The van der Waals surface area contributed by atoms with Crippen LogP contribution in [0, 0.1) is 0 Å². The van der Waals surface area contributed by atoms with Gasteiger partial charge in [0.1, 0.15) is 0 Å². The molecular formula is C7H12N2OS. The first kappa shape index (κ1) is 8.49. The van der Waals surface area contributed by atoms with Crippen molar-refractivity contribution in [3.63, 3.8) is 0 Å². The third kappa shape index (κ3) is 1.52. The van der Waals surface area contributed by atoms with Crippen LogP contribution in [0.5, 0.6) is 0 Å². The van der Waals surface area contributed by atoms with Gasteiger partial charge in [0.25, 0.3) is 0 Å². The number of anilines is 1. The summed E-state index contributed by atoms with van der Waals surface area (Å²) in [5.41, 5.74) is 6.82. The summed E-state index contributed by atoms with van der Waals surface area (Å²) >= 11 is 1.66. The first-order valence-electron chi connectivity index (χ1n) is 3.60. The molecular weight excluding hydrogens is 160 g/mol. The molecule has 0 saturated carbocycles. The molecule has 11 heavy (non-hydrogen) atoms. The summed E-state index contributed by atoms with van der Waals surface area (Å²) in [6.45, 7) is 0. The predicted molar refractivity (Wildman–Crippen MR) is 46.8 cm³/mol. The van der Waals surface area contributed by atoms with Crippen LogP contribution >= 0.6 is 11.3 Å². The van der Waals surface area contributed by atoms with Gasteiger partial charge in [0.05, 0.1) is 5.69 Å². The zero-order valence-electron chi connectivity index (χ0n) is 6.26. The molecule has 0 spiro atoms. The second kappa shape index (κ2) is 3.19. The standard InChI is InChI=1S/C7H10N2S.H2O/c8-7-9-5-3-1-2-4-6(5)10-7;/h1-4H2,(H2,8,9);1H2. The normalized spacial score (nSPS) is 15.3. The smallest absolute Gasteiger partial charge is 0.180 e. The Balaban J connectivity index is 0.000000605. The molecule has 4 N–H and O–H groups in total. The quantitative estimate of drug-likeness (QED) is 0.628. The lowest BCUT2D eigenvalue weighted by Crippen LogP contribution is -1.99. The number of nitrogen functional groups attached to an aromatic ring is 1. The maximum atomic E-state index is 5.57. The van der Waals surface area contributed by atoms with Gasteiger partial charge >= 0.3 is 0 Å². The molecule has 0 aromatic carbocycles. The van der Waals surface area contributed by atoms with E-state index in [-0.39, 0.29) is 5.48 Å². The number of aryl methyl sites for hydroxylation is 2. The largest absolute Gasteiger partial charge is 0.412 e. The van der Waals surface area contributed by atoms with E-state index in [1.54, 1.807) is 11.3 Å². The Hall–Kier alpha value is -0.610. The molecule has 1 aromatic rings. The monoisotopic (exact) mass is 172 g/mol. The average Bonchev–Trinajstić information content (AvgIpc) is 2.27. The maximum Gasteiger partial charge on any atom is 0.180 e. The van der Waals surface area contributed by atoms with Crippen molar-refractivity contribution < 1.29 is 5.48 Å². The summed E-state index contributed by atoms with van der Waals surface area (Å²) in [4.78, 5) is 5.67. The van der Waals surface area contributed by atoms with E-state index in [2.05, 4.69) is 4.98 Å². The Morgan fingerprint density at radius 2 is 2.00 bits per heavy atom. The van der Waals surface area contributed by atoms with Crippen molar-refractivity contribution >= 4 is 16.5 Å². The van der Waals surface area contributed by atoms with Crippen LogP contribution < -0.4 is 5.73 Å². The molecule has 4 heteroatoms. The zero-order valence-corrected chi connectivity index (χ0v) is 7.08. The van der Waals surface area contributed by atoms with E-state index in [1.165, 1.54) is 29.8 Å². The van der Waals surface area contributed by atoms with Gasteiger partial charge in [-0.15, -0.1) is 11.3 Å². The Morgan fingerprint density at radius 3 is 2.73 bits per heavy atom. The number of rotatable bonds is 0. The van der Waals surface area contributed by atoms with E-state index < -0.39 is 0 Å². The number of nitrogens with zero attached hydrogens (tertiary/aromatic N) is 1. The van der Waals surface area contributed by atoms with Crippen LogP contribution in [-0.4, -0.2) is 10.5 Å². The molecule has 1 aliphatic carbocycles. The minimum absolute atomic E-state index is 0. The van der Waals surface area contributed by atoms with Crippen LogP contribution in [-0.2, 0) is 12.8 Å². The van der Waals surface area contributed by atoms with Gasteiger partial charge in [0.2, 0.25) is 0 Å². The Morgan fingerprint density at radius 1 is 1.27 bits per heavy atom. The Bertz CT molecular complexity index is 223. The van der Waals surface area contributed by atoms with Gasteiger partial charge in [0, 0.05) is 4.88 Å². The SMILES string of the molecule is Nc1nc2c(s1)CCCC2.O. The van der Waals surface area contributed by atoms with E-state index >= 15 is 0 Å². The molecule has 0 unspecified atom stereocenters. The van der Waals surface area contributed by atoms with E-state index in [0.29, 0.717) is 0 Å². The highest BCUT2D eigenvalue weighted by Gasteiger charge is 2.12. The van der Waals surface area contributed by atoms with Crippen LogP contribution in [0.1, 0.15) is 23.4 Å². The van der Waals surface area contributed by atoms with Gasteiger partial charge in [0.15, 0.2) is 5.13 Å². The van der Waals surface area contributed by atoms with Crippen LogP contribution in [0.3, 0.4) is 0 Å². The van der Waals surface area contributed by atoms with Gasteiger partial charge in [-0.25, -0.2) is 4.98 Å². The molecule has 62 valence electrons. The lowest BCUT2D eigenvalue weighted by atomic mass is 10.0. The van der Waals surface area contributed by atoms with Crippen LogP contribution in [0.2, 0.25) is 0 Å². The molecule has 0 fully saturated rings.